The fourth-order valence-corrected chi connectivity index (χ4v) is 6.79. The molecule has 34 heavy (non-hydrogen) atoms. The molecule has 212 valence electrons. The molecule has 21 nitrogen and oxygen atoms in total. The second kappa shape index (κ2) is 18.1. The van der Waals surface area contributed by atoms with E-state index in [1.807, 2.05) is 0 Å². The highest BCUT2D eigenvalue weighted by Gasteiger charge is 2.28. The Labute approximate surface area is 192 Å². The first-order chi connectivity index (χ1) is 14.5. The van der Waals surface area contributed by atoms with Crippen LogP contribution in [0.4, 0.5) is 0 Å². The van der Waals surface area contributed by atoms with Gasteiger partial charge in [0, 0.05) is 19.6 Å². The average Bonchev–Trinajstić information content (AvgIpc) is 2.37. The number of aliphatic hydroxyl groups is 1. The molecule has 0 rings (SSSR count). The highest BCUT2D eigenvalue weighted by molar-refractivity contribution is 7.70. The van der Waals surface area contributed by atoms with E-state index in [-0.39, 0.29) is 6.61 Å². The van der Waals surface area contributed by atoms with Gasteiger partial charge in [0.2, 0.25) is 0 Å². The topological polar surface area (TPSA) is 403 Å². The van der Waals surface area contributed by atoms with Gasteiger partial charge in [-0.15, -0.1) is 0 Å². The van der Waals surface area contributed by atoms with Crippen molar-refractivity contribution in [2.24, 2.45) is 5.73 Å². The monoisotopic (exact) mass is 632 g/mol. The van der Waals surface area contributed by atoms with Crippen molar-refractivity contribution in [2.75, 3.05) is 44.0 Å². The van der Waals surface area contributed by atoms with Gasteiger partial charge in [0.25, 0.3) is 0 Å². The lowest BCUT2D eigenvalue weighted by Crippen LogP contribution is -2.24. The molecule has 0 fully saturated rings. The summed E-state index contributed by atoms with van der Waals surface area (Å²) in [6, 6.07) is 0. The van der Waals surface area contributed by atoms with E-state index in [1.165, 1.54) is 0 Å². The second-order valence-corrected chi connectivity index (χ2v) is 17.0. The molecule has 0 aromatic heterocycles. The van der Waals surface area contributed by atoms with Crippen LogP contribution in [0.25, 0.3) is 0 Å². The first-order valence-electron chi connectivity index (χ1n) is 7.82. The van der Waals surface area contributed by atoms with Crippen LogP contribution < -0.4 is 11.1 Å². The normalized spacial score (nSPS) is 12.9. The van der Waals surface area contributed by atoms with Crippen LogP contribution in [0.3, 0.4) is 0 Å². The Morgan fingerprint density at radius 3 is 0.765 bits per heavy atom. The molecule has 0 aliphatic heterocycles. The van der Waals surface area contributed by atoms with Crippen molar-refractivity contribution >= 4 is 45.6 Å². The van der Waals surface area contributed by atoms with E-state index in [0.717, 1.165) is 6.54 Å². The van der Waals surface area contributed by atoms with E-state index in [2.05, 4.69) is 5.32 Å². The minimum absolute atomic E-state index is 0.194. The first kappa shape index (κ1) is 41.9. The lowest BCUT2D eigenvalue weighted by Gasteiger charge is -2.03. The third-order valence-electron chi connectivity index (χ3n) is 1.72. The molecular formula is C7H30N2O19P6. The predicted octanol–water partition coefficient (Wildman–Crippen LogP) is -3.58. The van der Waals surface area contributed by atoms with Crippen LogP contribution in [0.15, 0.2) is 0 Å². The molecule has 0 atom stereocenters. The Hall–Kier alpha value is 0.780. The standard InChI is InChI=1S/C4H12N2O.3CH6O6P2/c5-1-2-6-3-4-7;3*2-8(3,4)1-9(5,6)7/h6-7H,1-5H2;3*1H2,(H2,2,3,4)(H2,5,6,7). The maximum Gasteiger partial charge on any atom is 0.337 e. The second-order valence-electron chi connectivity index (χ2n) is 5.67. The zero-order valence-corrected chi connectivity index (χ0v) is 22.3. The van der Waals surface area contributed by atoms with Gasteiger partial charge in [-0.2, -0.15) is 0 Å². The molecule has 27 heteroatoms. The molecule has 0 saturated heterocycles. The van der Waals surface area contributed by atoms with Gasteiger partial charge in [-0.05, 0) is 0 Å². The largest absolute Gasteiger partial charge is 0.395 e. The lowest BCUT2D eigenvalue weighted by atomic mass is 10.6. The third kappa shape index (κ3) is 63.8. The Bertz CT molecular complexity index is 647. The smallest absolute Gasteiger partial charge is 0.337 e. The molecule has 0 spiro atoms. The van der Waals surface area contributed by atoms with E-state index in [0.29, 0.717) is 13.1 Å². The number of aliphatic hydroxyl groups excluding tert-OH is 1. The SMILES string of the molecule is NCCNCCO.O=P(O)(O)CP(=O)(O)O.O=P(O)(O)CP(=O)(O)O.O=P(O)(O)CP(=O)(O)O. The molecule has 0 aromatic rings. The summed E-state index contributed by atoms with van der Waals surface area (Å²) in [4.78, 5) is 95.7. The number of hydrogen-bond acceptors (Lipinski definition) is 9. The van der Waals surface area contributed by atoms with Crippen LogP contribution in [-0.4, -0.2) is 108 Å². The van der Waals surface area contributed by atoms with E-state index in [1.54, 1.807) is 0 Å². The van der Waals surface area contributed by atoms with Crippen molar-refractivity contribution in [3.8, 4) is 0 Å². The third-order valence-corrected chi connectivity index (χ3v) is 10.6. The van der Waals surface area contributed by atoms with Crippen molar-refractivity contribution in [1.29, 1.82) is 0 Å². The number of nitrogens with one attached hydrogen (secondary N) is 1. The fraction of sp³-hybridized carbons (Fsp3) is 1.00. The molecule has 0 amide bonds. The van der Waals surface area contributed by atoms with Crippen LogP contribution in [0.1, 0.15) is 0 Å². The predicted molar refractivity (Wildman–Crippen MR) is 116 cm³/mol. The minimum Gasteiger partial charge on any atom is -0.395 e. The van der Waals surface area contributed by atoms with Crippen molar-refractivity contribution in [3.63, 3.8) is 0 Å². The van der Waals surface area contributed by atoms with Crippen LogP contribution >= 0.6 is 45.6 Å². The summed E-state index contributed by atoms with van der Waals surface area (Å²) in [5, 5.41) is 11.1. The molecule has 0 aliphatic carbocycles. The minimum atomic E-state index is -4.55. The fourth-order valence-electron chi connectivity index (χ4n) is 1.03. The van der Waals surface area contributed by atoms with E-state index in [4.69, 9.17) is 69.6 Å². The highest BCUT2D eigenvalue weighted by Crippen LogP contribution is 2.52. The van der Waals surface area contributed by atoms with Crippen molar-refractivity contribution in [3.05, 3.63) is 0 Å². The van der Waals surface area contributed by atoms with Gasteiger partial charge in [0.15, 0.2) is 17.7 Å². The zero-order chi connectivity index (χ0) is 28.7. The van der Waals surface area contributed by atoms with Gasteiger partial charge in [-0.3, -0.25) is 27.4 Å². The molecule has 0 saturated carbocycles. The van der Waals surface area contributed by atoms with E-state index < -0.39 is 63.3 Å². The summed E-state index contributed by atoms with van der Waals surface area (Å²) in [6.45, 7) is 2.28. The molecule has 0 aromatic carbocycles. The summed E-state index contributed by atoms with van der Waals surface area (Å²) in [7, 11) is -27.3. The van der Waals surface area contributed by atoms with Crippen LogP contribution in [0, 0.1) is 0 Å². The summed E-state index contributed by atoms with van der Waals surface area (Å²) in [5.74, 6) is -4.12. The van der Waals surface area contributed by atoms with Crippen LogP contribution in [0.5, 0.6) is 0 Å². The molecule has 0 bridgehead atoms. The molecule has 16 N–H and O–H groups in total. The summed E-state index contributed by atoms with van der Waals surface area (Å²) < 4.78 is 59.1. The van der Waals surface area contributed by atoms with Crippen LogP contribution in [0.2, 0.25) is 0 Å². The molecule has 0 unspecified atom stereocenters. The van der Waals surface area contributed by atoms with Crippen molar-refractivity contribution < 1.29 is 91.2 Å². The zero-order valence-electron chi connectivity index (χ0n) is 17.0. The summed E-state index contributed by atoms with van der Waals surface area (Å²) >= 11 is 0. The van der Waals surface area contributed by atoms with E-state index >= 15 is 0 Å². The van der Waals surface area contributed by atoms with Gasteiger partial charge in [-0.25, -0.2) is 0 Å². The molecule has 0 radical (unpaired) electrons. The molecule has 0 aliphatic rings. The Kier molecular flexibility index (Phi) is 22.3. The van der Waals surface area contributed by atoms with E-state index in [9.17, 15) is 27.4 Å². The Balaban J connectivity index is -0.000000177. The maximum absolute atomic E-state index is 9.85. The van der Waals surface area contributed by atoms with Crippen molar-refractivity contribution in [1.82, 2.24) is 5.32 Å². The lowest BCUT2D eigenvalue weighted by molar-refractivity contribution is 0.293. The van der Waals surface area contributed by atoms with Gasteiger partial charge < -0.3 is 74.9 Å². The first-order valence-corrected chi connectivity index (χ1v) is 18.6. The Morgan fingerprint density at radius 1 is 0.471 bits per heavy atom. The Morgan fingerprint density at radius 2 is 0.676 bits per heavy atom. The number of hydrogen-bond donors (Lipinski definition) is 15. The summed E-state index contributed by atoms with van der Waals surface area (Å²) in [5.41, 5.74) is 5.13. The van der Waals surface area contributed by atoms with Gasteiger partial charge in [0.05, 0.1) is 6.61 Å². The quantitative estimate of drug-likeness (QED) is 0.0817. The van der Waals surface area contributed by atoms with Gasteiger partial charge in [0.1, 0.15) is 0 Å². The highest BCUT2D eigenvalue weighted by atomic mass is 31.2. The maximum atomic E-state index is 9.85. The van der Waals surface area contributed by atoms with Gasteiger partial charge >= 0.3 is 45.6 Å². The average molecular weight is 632 g/mol. The van der Waals surface area contributed by atoms with Crippen molar-refractivity contribution in [2.45, 2.75) is 0 Å². The van der Waals surface area contributed by atoms with Gasteiger partial charge in [-0.1, -0.05) is 0 Å². The van der Waals surface area contributed by atoms with Crippen LogP contribution in [-0.2, 0) is 27.4 Å². The molecular weight excluding hydrogens is 602 g/mol. The summed E-state index contributed by atoms with van der Waals surface area (Å²) in [6.07, 6.45) is 0. The number of rotatable bonds is 10. The molecule has 0 heterocycles. The number of nitrogens with two attached hydrogens (primary N) is 1.